The molecule has 2 atom stereocenters. The molecule has 2 aromatic carbocycles. The van der Waals surface area contributed by atoms with Crippen LogP contribution >= 0.6 is 0 Å². The highest BCUT2D eigenvalue weighted by atomic mass is 16.5. The molecular formula is C34H40N4O9. The van der Waals surface area contributed by atoms with Crippen molar-refractivity contribution in [3.8, 4) is 0 Å². The van der Waals surface area contributed by atoms with Crippen LogP contribution in [0.2, 0.25) is 0 Å². The Morgan fingerprint density at radius 1 is 0.532 bits per heavy atom. The summed E-state index contributed by atoms with van der Waals surface area (Å²) in [4.78, 5) is 85.3. The predicted octanol–water partition coefficient (Wildman–Crippen LogP) is 1.86. The van der Waals surface area contributed by atoms with E-state index in [1.54, 1.807) is 62.4 Å². The summed E-state index contributed by atoms with van der Waals surface area (Å²) in [5, 5.41) is 0. The van der Waals surface area contributed by atoms with Crippen molar-refractivity contribution in [2.75, 3.05) is 65.8 Å². The second kappa shape index (κ2) is 15.4. The zero-order valence-electron chi connectivity index (χ0n) is 26.7. The van der Waals surface area contributed by atoms with Gasteiger partial charge in [0.05, 0.1) is 61.9 Å². The van der Waals surface area contributed by atoms with Crippen molar-refractivity contribution in [2.24, 2.45) is 0 Å². The lowest BCUT2D eigenvalue weighted by molar-refractivity contribution is -0.137. The molecule has 47 heavy (non-hydrogen) atoms. The summed E-state index contributed by atoms with van der Waals surface area (Å²) in [6.07, 6.45) is 0.470. The number of rotatable bonds is 6. The second-order valence-electron chi connectivity index (χ2n) is 11.4. The number of hydrogen-bond acceptors (Lipinski definition) is 9. The summed E-state index contributed by atoms with van der Waals surface area (Å²) < 4.78 is 17.3. The van der Waals surface area contributed by atoms with E-state index in [0.717, 1.165) is 9.80 Å². The Bertz CT molecular complexity index is 1350. The molecular weight excluding hydrogens is 608 g/mol. The van der Waals surface area contributed by atoms with Gasteiger partial charge in [-0.3, -0.25) is 38.6 Å². The number of hydrogen-bond donors (Lipinski definition) is 0. The molecule has 3 heterocycles. The average molecular weight is 649 g/mol. The van der Waals surface area contributed by atoms with Crippen molar-refractivity contribution in [2.45, 2.75) is 38.8 Å². The molecule has 0 bridgehead atoms. The maximum atomic E-state index is 13.8. The second-order valence-corrected chi connectivity index (χ2v) is 11.4. The van der Waals surface area contributed by atoms with E-state index in [1.807, 2.05) is 0 Å². The highest BCUT2D eigenvalue weighted by Crippen LogP contribution is 2.28. The van der Waals surface area contributed by atoms with Gasteiger partial charge in [0.25, 0.3) is 23.6 Å². The predicted molar refractivity (Wildman–Crippen MR) is 168 cm³/mol. The lowest BCUT2D eigenvalue weighted by atomic mass is 10.1. The van der Waals surface area contributed by atoms with Crippen LogP contribution in [0.1, 0.15) is 68.1 Å². The molecule has 0 N–H and O–H groups in total. The highest BCUT2D eigenvalue weighted by molar-refractivity contribution is 6.23. The van der Waals surface area contributed by atoms with Crippen molar-refractivity contribution in [3.63, 3.8) is 0 Å². The number of ether oxygens (including phenoxy) is 3. The van der Waals surface area contributed by atoms with Crippen LogP contribution in [0.4, 0.5) is 0 Å². The minimum absolute atomic E-state index is 0.123. The molecule has 250 valence electrons. The SMILES string of the molecule is CC[C@@H](C(=O)N1CCOCCOCCN(C(=O)[C@H](CC)N2C(=O)c3ccccc3C2=O)CCOCC1)N1C(=O)c2ccccc2C1=O. The fourth-order valence-corrected chi connectivity index (χ4v) is 6.13. The van der Waals surface area contributed by atoms with Gasteiger partial charge in [-0.1, -0.05) is 38.1 Å². The summed E-state index contributed by atoms with van der Waals surface area (Å²) in [7, 11) is 0. The maximum Gasteiger partial charge on any atom is 0.262 e. The van der Waals surface area contributed by atoms with Crippen LogP contribution in [0.25, 0.3) is 0 Å². The van der Waals surface area contributed by atoms with Gasteiger partial charge in [-0.2, -0.15) is 0 Å². The Morgan fingerprint density at radius 2 is 0.809 bits per heavy atom. The van der Waals surface area contributed by atoms with Crippen molar-refractivity contribution in [1.82, 2.24) is 19.6 Å². The fourth-order valence-electron chi connectivity index (χ4n) is 6.13. The molecule has 1 saturated heterocycles. The Kier molecular flexibility index (Phi) is 11.1. The van der Waals surface area contributed by atoms with E-state index < -0.39 is 47.5 Å². The van der Waals surface area contributed by atoms with E-state index in [2.05, 4.69) is 0 Å². The van der Waals surface area contributed by atoms with E-state index in [-0.39, 0.29) is 101 Å². The molecule has 0 aromatic heterocycles. The molecule has 6 amide bonds. The standard InChI is InChI=1S/C34H40N4O9/c1-3-27(37-29(39)23-9-5-6-10-24(23)30(37)40)33(43)35-13-17-45-18-14-36(16-20-47-22-21-46-19-15-35)34(44)28(4-2)38-31(41)25-11-7-8-12-26(25)32(38)42/h5-12,27-28H,3-4,13-22H2,1-2H3/t27-,28-/m0/s1. The number of benzene rings is 2. The third-order valence-corrected chi connectivity index (χ3v) is 8.64. The third-order valence-electron chi connectivity index (χ3n) is 8.64. The first kappa shape index (κ1) is 33.9. The van der Waals surface area contributed by atoms with E-state index in [0.29, 0.717) is 0 Å². The van der Waals surface area contributed by atoms with E-state index in [1.165, 1.54) is 9.80 Å². The molecule has 2 aromatic rings. The normalized spacial score (nSPS) is 19.6. The summed E-state index contributed by atoms with van der Waals surface area (Å²) >= 11 is 0. The summed E-state index contributed by atoms with van der Waals surface area (Å²) in [6, 6.07) is 11.1. The number of carbonyl (C=O) groups excluding carboxylic acids is 6. The van der Waals surface area contributed by atoms with Crippen molar-refractivity contribution < 1.29 is 43.0 Å². The molecule has 13 nitrogen and oxygen atoms in total. The molecule has 0 unspecified atom stereocenters. The number of fused-ring (bicyclic) bond motifs is 2. The number of imide groups is 2. The lowest BCUT2D eigenvalue weighted by Crippen LogP contribution is -2.52. The quantitative estimate of drug-likeness (QED) is 0.429. The molecule has 0 spiro atoms. The van der Waals surface area contributed by atoms with Crippen LogP contribution in [0.3, 0.4) is 0 Å². The molecule has 0 radical (unpaired) electrons. The van der Waals surface area contributed by atoms with Gasteiger partial charge >= 0.3 is 0 Å². The van der Waals surface area contributed by atoms with Gasteiger partial charge in [0, 0.05) is 26.2 Å². The molecule has 3 aliphatic heterocycles. The van der Waals surface area contributed by atoms with Crippen molar-refractivity contribution in [1.29, 1.82) is 0 Å². The van der Waals surface area contributed by atoms with Gasteiger partial charge in [-0.25, -0.2) is 0 Å². The number of carbonyl (C=O) groups is 6. The number of nitrogens with zero attached hydrogens (tertiary/aromatic N) is 4. The first-order chi connectivity index (χ1) is 22.8. The largest absolute Gasteiger partial charge is 0.378 e. The van der Waals surface area contributed by atoms with E-state index in [9.17, 15) is 28.8 Å². The number of amides is 6. The minimum Gasteiger partial charge on any atom is -0.378 e. The van der Waals surface area contributed by atoms with E-state index in [4.69, 9.17) is 14.2 Å². The van der Waals surface area contributed by atoms with Gasteiger partial charge in [0.1, 0.15) is 12.1 Å². The smallest absolute Gasteiger partial charge is 0.262 e. The van der Waals surface area contributed by atoms with Crippen LogP contribution in [0.5, 0.6) is 0 Å². The Balaban J connectivity index is 1.24. The van der Waals surface area contributed by atoms with Crippen LogP contribution in [0, 0.1) is 0 Å². The first-order valence-corrected chi connectivity index (χ1v) is 16.0. The summed E-state index contributed by atoms with van der Waals surface area (Å²) in [5.74, 6) is -2.76. The summed E-state index contributed by atoms with van der Waals surface area (Å²) in [5.41, 5.74) is 1.11. The topological polar surface area (TPSA) is 143 Å². The van der Waals surface area contributed by atoms with Gasteiger partial charge in [-0.05, 0) is 37.1 Å². The van der Waals surface area contributed by atoms with E-state index >= 15 is 0 Å². The molecule has 13 heteroatoms. The van der Waals surface area contributed by atoms with Crippen LogP contribution < -0.4 is 0 Å². The first-order valence-electron chi connectivity index (χ1n) is 16.0. The monoisotopic (exact) mass is 648 g/mol. The third kappa shape index (κ3) is 6.97. The lowest BCUT2D eigenvalue weighted by Gasteiger charge is -2.31. The Labute approximate surface area is 273 Å². The van der Waals surface area contributed by atoms with Crippen LogP contribution in [-0.4, -0.2) is 133 Å². The molecule has 5 rings (SSSR count). The molecule has 0 aliphatic carbocycles. The average Bonchev–Trinajstić information content (AvgIpc) is 3.48. The maximum absolute atomic E-state index is 13.8. The van der Waals surface area contributed by atoms with Gasteiger partial charge in [-0.15, -0.1) is 0 Å². The van der Waals surface area contributed by atoms with Crippen molar-refractivity contribution >= 4 is 35.4 Å². The minimum atomic E-state index is -0.992. The zero-order chi connectivity index (χ0) is 33.5. The summed E-state index contributed by atoms with van der Waals surface area (Å²) in [6.45, 7) is 5.41. The van der Waals surface area contributed by atoms with Crippen LogP contribution in [0.15, 0.2) is 48.5 Å². The van der Waals surface area contributed by atoms with Gasteiger partial charge in [0.2, 0.25) is 11.8 Å². The molecule has 0 saturated carbocycles. The Morgan fingerprint density at radius 3 is 1.09 bits per heavy atom. The van der Waals surface area contributed by atoms with Crippen LogP contribution in [-0.2, 0) is 23.8 Å². The van der Waals surface area contributed by atoms with Gasteiger partial charge in [0.15, 0.2) is 0 Å². The fraction of sp³-hybridized carbons (Fsp3) is 0.471. The van der Waals surface area contributed by atoms with Crippen molar-refractivity contribution in [3.05, 3.63) is 70.8 Å². The molecule has 3 aliphatic rings. The molecule has 1 fully saturated rings. The highest BCUT2D eigenvalue weighted by Gasteiger charge is 2.44. The van der Waals surface area contributed by atoms with Gasteiger partial charge < -0.3 is 24.0 Å². The zero-order valence-corrected chi connectivity index (χ0v) is 26.7. The Hall–Kier alpha value is -4.46.